The van der Waals surface area contributed by atoms with Crippen LogP contribution in [-0.4, -0.2) is 54.2 Å². The number of aromatic amines is 1. The number of H-pyrrole nitrogens is 1. The molecule has 0 saturated carbocycles. The Morgan fingerprint density at radius 1 is 1.14 bits per heavy atom. The summed E-state index contributed by atoms with van der Waals surface area (Å²) in [4.78, 5) is 20.0. The minimum atomic E-state index is -0.240. The smallest absolute Gasteiger partial charge is 0.273 e. The van der Waals surface area contributed by atoms with Gasteiger partial charge in [-0.05, 0) is 75.9 Å². The molecule has 0 atom stereocenters. The maximum atomic E-state index is 12.4. The molecule has 1 saturated heterocycles. The van der Waals surface area contributed by atoms with Gasteiger partial charge in [0.15, 0.2) is 11.3 Å². The fourth-order valence-corrected chi connectivity index (χ4v) is 4.44. The van der Waals surface area contributed by atoms with Crippen molar-refractivity contribution in [1.29, 1.82) is 0 Å². The van der Waals surface area contributed by atoms with Crippen molar-refractivity contribution >= 4 is 16.9 Å². The number of pyridine rings is 1. The number of amides is 1. The van der Waals surface area contributed by atoms with Crippen LogP contribution in [0.3, 0.4) is 0 Å². The fraction of sp³-hybridized carbons (Fsp3) is 0.440. The van der Waals surface area contributed by atoms with Crippen LogP contribution in [0.2, 0.25) is 0 Å². The van der Waals surface area contributed by atoms with Gasteiger partial charge in [-0.25, -0.2) is 0 Å². The first-order chi connectivity index (χ1) is 17.1. The third kappa shape index (κ3) is 5.89. The summed E-state index contributed by atoms with van der Waals surface area (Å²) in [5.74, 6) is 0.332. The molecule has 0 aromatic carbocycles. The van der Waals surface area contributed by atoms with Crippen LogP contribution in [-0.2, 0) is 19.5 Å². The minimum Gasteiger partial charge on any atom is -0.346 e. The summed E-state index contributed by atoms with van der Waals surface area (Å²) in [5, 5.41) is 24.3. The lowest BCUT2D eigenvalue weighted by Gasteiger charge is -2.21. The molecular formula is C25H31N9O. The summed E-state index contributed by atoms with van der Waals surface area (Å²) in [6.07, 6.45) is 8.48. The SMILES string of the molecule is Cc1ccc(CNC(=O)c2cn(CCCCc3cc4cc(C5CCNCC5)[nH]c4nn3)nn2)cn1. The van der Waals surface area contributed by atoms with Gasteiger partial charge in [0.25, 0.3) is 5.91 Å². The molecule has 4 aromatic heterocycles. The van der Waals surface area contributed by atoms with E-state index in [0.717, 1.165) is 73.2 Å². The van der Waals surface area contributed by atoms with E-state index in [2.05, 4.69) is 53.2 Å². The molecule has 0 bridgehead atoms. The van der Waals surface area contributed by atoms with Crippen molar-refractivity contribution in [2.75, 3.05) is 13.1 Å². The van der Waals surface area contributed by atoms with E-state index in [1.807, 2.05) is 19.1 Å². The highest BCUT2D eigenvalue weighted by Gasteiger charge is 2.17. The Bertz CT molecular complexity index is 1270. The molecule has 182 valence electrons. The van der Waals surface area contributed by atoms with Crippen LogP contribution in [0.5, 0.6) is 0 Å². The van der Waals surface area contributed by atoms with Gasteiger partial charge < -0.3 is 15.6 Å². The Balaban J connectivity index is 1.08. The maximum absolute atomic E-state index is 12.4. The third-order valence-electron chi connectivity index (χ3n) is 6.49. The maximum Gasteiger partial charge on any atom is 0.273 e. The minimum absolute atomic E-state index is 0.240. The average Bonchev–Trinajstić information content (AvgIpc) is 3.54. The number of rotatable bonds is 9. The van der Waals surface area contributed by atoms with Gasteiger partial charge in [-0.15, -0.1) is 10.2 Å². The van der Waals surface area contributed by atoms with Gasteiger partial charge in [-0.1, -0.05) is 11.3 Å². The van der Waals surface area contributed by atoms with Crippen LogP contribution in [0.1, 0.15) is 64.7 Å². The van der Waals surface area contributed by atoms with Crippen LogP contribution in [0.15, 0.2) is 36.7 Å². The van der Waals surface area contributed by atoms with Crippen molar-refractivity contribution < 1.29 is 4.79 Å². The van der Waals surface area contributed by atoms with Gasteiger partial charge in [0.2, 0.25) is 0 Å². The molecule has 10 heteroatoms. The van der Waals surface area contributed by atoms with Crippen LogP contribution >= 0.6 is 0 Å². The molecule has 1 amide bonds. The molecule has 10 nitrogen and oxygen atoms in total. The van der Waals surface area contributed by atoms with Gasteiger partial charge in [0, 0.05) is 42.0 Å². The number of aryl methyl sites for hydroxylation is 3. The van der Waals surface area contributed by atoms with Gasteiger partial charge in [0.05, 0.1) is 11.9 Å². The van der Waals surface area contributed by atoms with Crippen molar-refractivity contribution in [2.45, 2.75) is 58.0 Å². The topological polar surface area (TPSA) is 126 Å². The molecule has 1 fully saturated rings. The average molecular weight is 474 g/mol. The highest BCUT2D eigenvalue weighted by Crippen LogP contribution is 2.27. The Morgan fingerprint density at radius 3 is 2.86 bits per heavy atom. The quantitative estimate of drug-likeness (QED) is 0.319. The number of fused-ring (bicyclic) bond motifs is 1. The zero-order valence-electron chi connectivity index (χ0n) is 20.0. The number of piperidine rings is 1. The van der Waals surface area contributed by atoms with Crippen molar-refractivity contribution in [2.24, 2.45) is 0 Å². The molecule has 3 N–H and O–H groups in total. The summed E-state index contributed by atoms with van der Waals surface area (Å²) < 4.78 is 1.72. The first-order valence-electron chi connectivity index (χ1n) is 12.3. The lowest BCUT2D eigenvalue weighted by atomic mass is 9.95. The Labute approximate surface area is 203 Å². The van der Waals surface area contributed by atoms with Crippen LogP contribution in [0.25, 0.3) is 11.0 Å². The van der Waals surface area contributed by atoms with Crippen LogP contribution in [0.4, 0.5) is 0 Å². The number of aromatic nitrogens is 7. The van der Waals surface area contributed by atoms with Gasteiger partial charge in [0.1, 0.15) is 0 Å². The molecule has 35 heavy (non-hydrogen) atoms. The fourth-order valence-electron chi connectivity index (χ4n) is 4.44. The first-order valence-corrected chi connectivity index (χ1v) is 12.3. The normalized spacial score (nSPS) is 14.4. The first kappa shape index (κ1) is 23.1. The monoisotopic (exact) mass is 473 g/mol. The molecule has 1 aliphatic rings. The Kier molecular flexibility index (Phi) is 7.08. The number of hydrogen-bond donors (Lipinski definition) is 3. The molecule has 0 radical (unpaired) electrons. The molecule has 0 unspecified atom stereocenters. The summed E-state index contributed by atoms with van der Waals surface area (Å²) in [5.41, 5.74) is 5.35. The molecule has 1 aliphatic heterocycles. The van der Waals surface area contributed by atoms with Crippen LogP contribution in [0, 0.1) is 6.92 Å². The molecule has 5 heterocycles. The molecular weight excluding hydrogens is 442 g/mol. The van der Waals surface area contributed by atoms with E-state index < -0.39 is 0 Å². The third-order valence-corrected chi connectivity index (χ3v) is 6.49. The largest absolute Gasteiger partial charge is 0.346 e. The van der Waals surface area contributed by atoms with Gasteiger partial charge in [-0.2, -0.15) is 5.10 Å². The molecule has 5 rings (SSSR count). The summed E-state index contributed by atoms with van der Waals surface area (Å²) in [7, 11) is 0. The van der Waals surface area contributed by atoms with E-state index in [1.165, 1.54) is 5.69 Å². The Hall–Kier alpha value is -3.66. The van der Waals surface area contributed by atoms with Crippen molar-refractivity contribution in [3.8, 4) is 0 Å². The summed E-state index contributed by atoms with van der Waals surface area (Å²) in [6, 6.07) is 8.25. The summed E-state index contributed by atoms with van der Waals surface area (Å²) in [6.45, 7) is 5.17. The predicted octanol–water partition coefficient (Wildman–Crippen LogP) is 2.67. The summed E-state index contributed by atoms with van der Waals surface area (Å²) >= 11 is 0. The van der Waals surface area contributed by atoms with Gasteiger partial charge in [-0.3, -0.25) is 14.5 Å². The van der Waals surface area contributed by atoms with E-state index in [4.69, 9.17) is 0 Å². The number of nitrogens with one attached hydrogen (secondary N) is 3. The molecule has 4 aromatic rings. The highest BCUT2D eigenvalue weighted by molar-refractivity contribution is 5.91. The second kappa shape index (κ2) is 10.7. The van der Waals surface area contributed by atoms with E-state index >= 15 is 0 Å². The van der Waals surface area contributed by atoms with Crippen molar-refractivity contribution in [1.82, 2.24) is 45.8 Å². The van der Waals surface area contributed by atoms with E-state index in [1.54, 1.807) is 17.1 Å². The molecule has 0 spiro atoms. The number of carbonyl (C=O) groups excluding carboxylic acids is 1. The van der Waals surface area contributed by atoms with E-state index in [-0.39, 0.29) is 5.91 Å². The number of hydrogen-bond acceptors (Lipinski definition) is 7. The van der Waals surface area contributed by atoms with Gasteiger partial charge >= 0.3 is 0 Å². The van der Waals surface area contributed by atoms with E-state index in [9.17, 15) is 4.79 Å². The number of nitrogens with zero attached hydrogens (tertiary/aromatic N) is 6. The lowest BCUT2D eigenvalue weighted by molar-refractivity contribution is 0.0946. The number of unbranched alkanes of at least 4 members (excludes halogenated alkanes) is 1. The van der Waals surface area contributed by atoms with Crippen molar-refractivity contribution in [3.05, 3.63) is 65.0 Å². The number of carbonyl (C=O) groups is 1. The standard InChI is InChI=1S/C25H31N9O/c1-17-5-6-18(14-27-17)15-28-25(35)23-16-34(33-31-23)11-3-2-4-21-12-20-13-22(29-24(20)32-30-21)19-7-9-26-10-8-19/h5-6,12-14,16,19,26H,2-4,7-11,15H2,1H3,(H,28,35)(H,29,32). The second-order valence-electron chi connectivity index (χ2n) is 9.20. The van der Waals surface area contributed by atoms with E-state index in [0.29, 0.717) is 24.7 Å². The zero-order valence-corrected chi connectivity index (χ0v) is 20.0. The molecule has 0 aliphatic carbocycles. The highest BCUT2D eigenvalue weighted by atomic mass is 16.2. The predicted molar refractivity (Wildman–Crippen MR) is 132 cm³/mol. The zero-order chi connectivity index (χ0) is 24.0. The van der Waals surface area contributed by atoms with Crippen LogP contribution < -0.4 is 10.6 Å². The second-order valence-corrected chi connectivity index (χ2v) is 9.20. The lowest BCUT2D eigenvalue weighted by Crippen LogP contribution is -2.26. The Morgan fingerprint density at radius 2 is 2.03 bits per heavy atom. The van der Waals surface area contributed by atoms with Crippen molar-refractivity contribution in [3.63, 3.8) is 0 Å².